The third-order valence-corrected chi connectivity index (χ3v) is 5.23. The van der Waals surface area contributed by atoms with Gasteiger partial charge in [0, 0.05) is 31.9 Å². The number of alkyl halides is 3. The summed E-state index contributed by atoms with van der Waals surface area (Å²) >= 11 is 0. The maximum atomic E-state index is 12.8. The number of aromatic amines is 1. The molecule has 0 saturated carbocycles. The minimum Gasteiger partial charge on any atom is -0.335 e. The highest BCUT2D eigenvalue weighted by atomic mass is 32.2. The lowest BCUT2D eigenvalue weighted by Crippen LogP contribution is -2.33. The lowest BCUT2D eigenvalue weighted by atomic mass is 9.98. The molecule has 0 radical (unpaired) electrons. The Hall–Kier alpha value is -1.88. The van der Waals surface area contributed by atoms with E-state index in [1.807, 2.05) is 10.8 Å². The summed E-state index contributed by atoms with van der Waals surface area (Å²) in [6, 6.07) is 0. The van der Waals surface area contributed by atoms with E-state index in [0.29, 0.717) is 19.2 Å². The maximum absolute atomic E-state index is 12.8. The van der Waals surface area contributed by atoms with Crippen molar-refractivity contribution in [2.24, 2.45) is 5.92 Å². The molecule has 0 amide bonds. The smallest absolute Gasteiger partial charge is 0.335 e. The Morgan fingerprint density at radius 1 is 1.43 bits per heavy atom. The predicted octanol–water partition coefficient (Wildman–Crippen LogP) is 1.17. The molecule has 2 N–H and O–H groups in total. The molecule has 0 aromatic carbocycles. The zero-order chi connectivity index (χ0) is 16.7. The van der Waals surface area contributed by atoms with Crippen molar-refractivity contribution in [1.82, 2.24) is 24.5 Å². The van der Waals surface area contributed by atoms with E-state index in [1.54, 1.807) is 11.3 Å². The van der Waals surface area contributed by atoms with E-state index < -0.39 is 26.8 Å². The van der Waals surface area contributed by atoms with Crippen molar-refractivity contribution in [3.05, 3.63) is 30.1 Å². The first kappa shape index (κ1) is 16.0. The molecule has 23 heavy (non-hydrogen) atoms. The van der Waals surface area contributed by atoms with Gasteiger partial charge in [-0.2, -0.15) is 18.3 Å². The minimum atomic E-state index is -4.81. The van der Waals surface area contributed by atoms with Crippen LogP contribution in [0.5, 0.6) is 0 Å². The summed E-state index contributed by atoms with van der Waals surface area (Å²) in [5, 5.41) is 4.89. The molecule has 3 rings (SSSR count). The van der Waals surface area contributed by atoms with Gasteiger partial charge in [-0.3, -0.25) is 5.10 Å². The second-order valence-corrected chi connectivity index (χ2v) is 7.09. The molecule has 0 spiro atoms. The van der Waals surface area contributed by atoms with Gasteiger partial charge in [0.25, 0.3) is 0 Å². The fourth-order valence-electron chi connectivity index (χ4n) is 2.58. The van der Waals surface area contributed by atoms with E-state index in [0.717, 1.165) is 12.2 Å². The van der Waals surface area contributed by atoms with E-state index in [1.165, 1.54) is 0 Å². The first-order valence-corrected chi connectivity index (χ1v) is 8.36. The Morgan fingerprint density at radius 3 is 2.96 bits per heavy atom. The zero-order valence-corrected chi connectivity index (χ0v) is 12.7. The molecule has 7 nitrogen and oxygen atoms in total. The van der Waals surface area contributed by atoms with E-state index in [2.05, 4.69) is 14.8 Å². The fraction of sp³-hybridized carbons (Fsp3) is 0.500. The number of hydrogen-bond acceptors (Lipinski definition) is 4. The molecular weight excluding hydrogens is 335 g/mol. The molecule has 0 fully saturated rings. The molecule has 1 unspecified atom stereocenters. The second kappa shape index (κ2) is 5.64. The van der Waals surface area contributed by atoms with Gasteiger partial charge < -0.3 is 4.57 Å². The van der Waals surface area contributed by atoms with Gasteiger partial charge in [0.15, 0.2) is 5.69 Å². The summed E-state index contributed by atoms with van der Waals surface area (Å²) in [4.78, 5) is 3.28. The second-order valence-electron chi connectivity index (χ2n) is 5.35. The van der Waals surface area contributed by atoms with Crippen LogP contribution in [0, 0.1) is 5.92 Å². The highest BCUT2D eigenvalue weighted by Gasteiger charge is 2.39. The molecule has 0 bridgehead atoms. The van der Waals surface area contributed by atoms with E-state index >= 15 is 0 Å². The number of nitrogens with zero attached hydrogens (tertiary/aromatic N) is 3. The van der Waals surface area contributed by atoms with Crippen molar-refractivity contribution < 1.29 is 21.6 Å². The maximum Gasteiger partial charge on any atom is 0.434 e. The molecule has 1 aliphatic heterocycles. The zero-order valence-electron chi connectivity index (χ0n) is 11.8. The van der Waals surface area contributed by atoms with Crippen LogP contribution < -0.4 is 4.72 Å². The van der Waals surface area contributed by atoms with Gasteiger partial charge in [-0.15, -0.1) is 0 Å². The van der Waals surface area contributed by atoms with Crippen molar-refractivity contribution in [3.8, 4) is 0 Å². The number of fused-ring (bicyclic) bond motifs is 1. The quantitative estimate of drug-likeness (QED) is 0.866. The molecular formula is C12H14F3N5O2S. The lowest BCUT2D eigenvalue weighted by Gasteiger charge is -2.23. The van der Waals surface area contributed by atoms with Crippen LogP contribution >= 0.6 is 0 Å². The number of aromatic nitrogens is 4. The Labute approximate surface area is 130 Å². The molecule has 11 heteroatoms. The van der Waals surface area contributed by atoms with Crippen LogP contribution in [-0.2, 0) is 29.2 Å². The molecule has 0 saturated heterocycles. The average Bonchev–Trinajstić information content (AvgIpc) is 3.13. The van der Waals surface area contributed by atoms with Crippen molar-refractivity contribution in [2.45, 2.75) is 30.5 Å². The monoisotopic (exact) mass is 349 g/mol. The van der Waals surface area contributed by atoms with E-state index in [4.69, 9.17) is 0 Å². The SMILES string of the molecule is O=S(=O)(NCC1CCn2ccnc2C1)c1cn[nH]c1C(F)(F)F. The standard InChI is InChI=1S/C12H14F3N5O2S/c13-12(14,15)11-9(7-17-19-11)23(21,22)18-6-8-1-3-20-4-2-16-10(20)5-8/h2,4,7-8,18H,1,3,5-6H2,(H,17,19). The van der Waals surface area contributed by atoms with Crippen LogP contribution in [0.2, 0.25) is 0 Å². The van der Waals surface area contributed by atoms with Crippen molar-refractivity contribution in [2.75, 3.05) is 6.54 Å². The van der Waals surface area contributed by atoms with Crippen LogP contribution in [0.3, 0.4) is 0 Å². The number of H-pyrrole nitrogens is 1. The number of sulfonamides is 1. The molecule has 2 aromatic rings. The lowest BCUT2D eigenvalue weighted by molar-refractivity contribution is -0.143. The van der Waals surface area contributed by atoms with Gasteiger partial charge >= 0.3 is 6.18 Å². The van der Waals surface area contributed by atoms with Gasteiger partial charge in [0.05, 0.1) is 6.20 Å². The Morgan fingerprint density at radius 2 is 2.22 bits per heavy atom. The number of nitrogens with one attached hydrogen (secondary N) is 2. The van der Waals surface area contributed by atoms with E-state index in [9.17, 15) is 21.6 Å². The molecule has 1 atom stereocenters. The Balaban J connectivity index is 1.70. The number of imidazole rings is 1. The van der Waals surface area contributed by atoms with E-state index in [-0.39, 0.29) is 12.5 Å². The van der Waals surface area contributed by atoms with Gasteiger partial charge in [0.1, 0.15) is 10.7 Å². The van der Waals surface area contributed by atoms with Crippen molar-refractivity contribution in [1.29, 1.82) is 0 Å². The number of rotatable bonds is 4. The Bertz CT molecular complexity index is 796. The molecule has 1 aliphatic rings. The third kappa shape index (κ3) is 3.24. The minimum absolute atomic E-state index is 0.0130. The third-order valence-electron chi connectivity index (χ3n) is 3.79. The number of hydrogen-bond donors (Lipinski definition) is 2. The summed E-state index contributed by atoms with van der Waals surface area (Å²) in [7, 11) is -4.29. The molecule has 126 valence electrons. The van der Waals surface area contributed by atoms with Crippen LogP contribution in [0.1, 0.15) is 17.9 Å². The highest BCUT2D eigenvalue weighted by Crippen LogP contribution is 2.32. The molecule has 2 aromatic heterocycles. The first-order valence-electron chi connectivity index (χ1n) is 6.87. The number of halogens is 3. The highest BCUT2D eigenvalue weighted by molar-refractivity contribution is 7.89. The topological polar surface area (TPSA) is 92.7 Å². The van der Waals surface area contributed by atoms with Crippen molar-refractivity contribution in [3.63, 3.8) is 0 Å². The van der Waals surface area contributed by atoms with Gasteiger partial charge in [-0.05, 0) is 12.3 Å². The number of aryl methyl sites for hydroxylation is 1. The summed E-state index contributed by atoms with van der Waals surface area (Å²) < 4.78 is 66.7. The molecule has 3 heterocycles. The first-order chi connectivity index (χ1) is 10.8. The normalized spacial score (nSPS) is 18.8. The summed E-state index contributed by atoms with van der Waals surface area (Å²) in [5.74, 6) is 0.834. The summed E-state index contributed by atoms with van der Waals surface area (Å²) in [6.07, 6.45) is 0.672. The van der Waals surface area contributed by atoms with Crippen LogP contribution in [0.4, 0.5) is 13.2 Å². The Kier molecular flexibility index (Phi) is 3.92. The van der Waals surface area contributed by atoms with Crippen LogP contribution in [0.25, 0.3) is 0 Å². The van der Waals surface area contributed by atoms with Crippen LogP contribution in [-0.4, -0.2) is 34.7 Å². The van der Waals surface area contributed by atoms with Gasteiger partial charge in [-0.25, -0.2) is 18.1 Å². The van der Waals surface area contributed by atoms with Gasteiger partial charge in [0.2, 0.25) is 10.0 Å². The summed E-state index contributed by atoms with van der Waals surface area (Å²) in [5.41, 5.74) is -1.37. The molecule has 0 aliphatic carbocycles. The van der Waals surface area contributed by atoms with Crippen LogP contribution in [0.15, 0.2) is 23.5 Å². The predicted molar refractivity (Wildman–Crippen MR) is 72.8 cm³/mol. The average molecular weight is 349 g/mol. The fourth-order valence-corrected chi connectivity index (χ4v) is 3.81. The van der Waals surface area contributed by atoms with Crippen molar-refractivity contribution >= 4 is 10.0 Å². The largest absolute Gasteiger partial charge is 0.434 e. The van der Waals surface area contributed by atoms with Gasteiger partial charge in [-0.1, -0.05) is 0 Å². The summed E-state index contributed by atoms with van der Waals surface area (Å²) in [6.45, 7) is 0.763.